The van der Waals surface area contributed by atoms with E-state index in [2.05, 4.69) is 0 Å². The number of hydrogen-bond donors (Lipinski definition) is 1. The van der Waals surface area contributed by atoms with Crippen molar-refractivity contribution in [3.63, 3.8) is 0 Å². The Labute approximate surface area is 94.4 Å². The highest BCUT2D eigenvalue weighted by Gasteiger charge is 2.25. The number of rotatable bonds is 2. The van der Waals surface area contributed by atoms with Gasteiger partial charge in [-0.1, -0.05) is 36.4 Å². The molecule has 0 saturated carbocycles. The van der Waals surface area contributed by atoms with Gasteiger partial charge in [-0.15, -0.1) is 0 Å². The summed E-state index contributed by atoms with van der Waals surface area (Å²) in [5, 5.41) is 9.41. The summed E-state index contributed by atoms with van der Waals surface area (Å²) in [6.07, 6.45) is 3.42. The largest absolute Gasteiger partial charge is 0.458 e. The van der Waals surface area contributed by atoms with Crippen molar-refractivity contribution in [2.24, 2.45) is 0 Å². The molecule has 1 heterocycles. The van der Waals surface area contributed by atoms with E-state index in [-0.39, 0.29) is 18.5 Å². The summed E-state index contributed by atoms with van der Waals surface area (Å²) in [5.41, 5.74) is 1.05. The fourth-order valence-corrected chi connectivity index (χ4v) is 1.71. The molecule has 0 amide bonds. The Kier molecular flexibility index (Phi) is 3.37. The monoisotopic (exact) mass is 218 g/mol. The van der Waals surface area contributed by atoms with E-state index in [0.29, 0.717) is 6.42 Å². The second-order valence-corrected chi connectivity index (χ2v) is 3.89. The maximum atomic E-state index is 11.1. The summed E-state index contributed by atoms with van der Waals surface area (Å²) >= 11 is 0. The average Bonchev–Trinajstić information content (AvgIpc) is 2.27. The van der Waals surface area contributed by atoms with Crippen LogP contribution in [0.1, 0.15) is 18.4 Å². The van der Waals surface area contributed by atoms with Crippen LogP contribution in [0.25, 0.3) is 6.08 Å². The molecule has 0 unspecified atom stereocenters. The highest BCUT2D eigenvalue weighted by atomic mass is 16.5. The van der Waals surface area contributed by atoms with Gasteiger partial charge >= 0.3 is 5.97 Å². The van der Waals surface area contributed by atoms with E-state index in [1.807, 2.05) is 42.5 Å². The van der Waals surface area contributed by atoms with Crippen LogP contribution in [0.2, 0.25) is 0 Å². The highest BCUT2D eigenvalue weighted by molar-refractivity contribution is 5.71. The predicted octanol–water partition coefficient (Wildman–Crippen LogP) is 1.77. The minimum atomic E-state index is -0.577. The van der Waals surface area contributed by atoms with E-state index in [1.165, 1.54) is 0 Å². The molecule has 0 spiro atoms. The van der Waals surface area contributed by atoms with E-state index < -0.39 is 6.10 Å². The first-order valence-corrected chi connectivity index (χ1v) is 5.35. The molecule has 1 aliphatic rings. The van der Waals surface area contributed by atoms with Gasteiger partial charge in [0.2, 0.25) is 0 Å². The molecule has 3 nitrogen and oxygen atoms in total. The minimum Gasteiger partial charge on any atom is -0.458 e. The fraction of sp³-hybridized carbons (Fsp3) is 0.308. The van der Waals surface area contributed by atoms with Gasteiger partial charge in [0, 0.05) is 6.42 Å². The Bertz CT molecular complexity index is 383. The van der Waals surface area contributed by atoms with Crippen LogP contribution in [0, 0.1) is 0 Å². The van der Waals surface area contributed by atoms with Gasteiger partial charge in [0.05, 0.1) is 12.5 Å². The summed E-state index contributed by atoms with van der Waals surface area (Å²) < 4.78 is 5.09. The number of aliphatic hydroxyl groups is 1. The number of carbonyl (C=O) groups excluding carboxylic acids is 1. The molecule has 3 heteroatoms. The number of carbonyl (C=O) groups is 1. The molecule has 1 saturated heterocycles. The topological polar surface area (TPSA) is 46.5 Å². The molecule has 0 bridgehead atoms. The Morgan fingerprint density at radius 3 is 2.75 bits per heavy atom. The van der Waals surface area contributed by atoms with Crippen molar-refractivity contribution < 1.29 is 14.6 Å². The third-order valence-electron chi connectivity index (χ3n) is 2.49. The van der Waals surface area contributed by atoms with Crippen molar-refractivity contribution in [2.75, 3.05) is 0 Å². The average molecular weight is 218 g/mol. The molecular weight excluding hydrogens is 204 g/mol. The lowest BCUT2D eigenvalue weighted by Crippen LogP contribution is -2.31. The van der Waals surface area contributed by atoms with Crippen LogP contribution < -0.4 is 0 Å². The van der Waals surface area contributed by atoms with Gasteiger partial charge in [-0.25, -0.2) is 0 Å². The Hall–Kier alpha value is -1.61. The molecule has 0 aliphatic carbocycles. The lowest BCUT2D eigenvalue weighted by Gasteiger charge is -2.23. The molecule has 1 aliphatic heterocycles. The van der Waals surface area contributed by atoms with E-state index in [1.54, 1.807) is 0 Å². The summed E-state index contributed by atoms with van der Waals surface area (Å²) in [7, 11) is 0. The molecule has 16 heavy (non-hydrogen) atoms. The maximum Gasteiger partial charge on any atom is 0.309 e. The van der Waals surface area contributed by atoms with Gasteiger partial charge < -0.3 is 9.84 Å². The van der Waals surface area contributed by atoms with Crippen LogP contribution in [-0.4, -0.2) is 23.3 Å². The van der Waals surface area contributed by atoms with Crippen molar-refractivity contribution in [1.29, 1.82) is 0 Å². The molecule has 1 fully saturated rings. The first kappa shape index (κ1) is 10.9. The normalized spacial score (nSPS) is 25.7. The standard InChI is InChI=1S/C13H14O3/c14-11-8-12(16-13(15)9-11)7-6-10-4-2-1-3-5-10/h1-7,11-12,14H,8-9H2/b7-6+/t11-,12-/m1/s1. The number of hydrogen-bond acceptors (Lipinski definition) is 3. The summed E-state index contributed by atoms with van der Waals surface area (Å²) in [5.74, 6) is -0.332. The third kappa shape index (κ3) is 2.94. The zero-order valence-electron chi connectivity index (χ0n) is 8.87. The van der Waals surface area contributed by atoms with E-state index in [4.69, 9.17) is 4.74 Å². The van der Waals surface area contributed by atoms with Gasteiger partial charge in [0.1, 0.15) is 6.10 Å². The van der Waals surface area contributed by atoms with Crippen molar-refractivity contribution in [2.45, 2.75) is 25.0 Å². The number of cyclic esters (lactones) is 1. The SMILES string of the molecule is O=C1C[C@H](O)C[C@@H](/C=C/c2ccccc2)O1. The van der Waals surface area contributed by atoms with Crippen LogP contribution in [0.5, 0.6) is 0 Å². The second-order valence-electron chi connectivity index (χ2n) is 3.89. The highest BCUT2D eigenvalue weighted by Crippen LogP contribution is 2.16. The first-order chi connectivity index (χ1) is 7.74. The molecule has 1 N–H and O–H groups in total. The minimum absolute atomic E-state index is 0.107. The van der Waals surface area contributed by atoms with Crippen LogP contribution in [0.15, 0.2) is 36.4 Å². The van der Waals surface area contributed by atoms with Crippen molar-refractivity contribution in [1.82, 2.24) is 0 Å². The Morgan fingerprint density at radius 2 is 2.06 bits per heavy atom. The first-order valence-electron chi connectivity index (χ1n) is 5.35. The number of aliphatic hydroxyl groups excluding tert-OH is 1. The quantitative estimate of drug-likeness (QED) is 0.769. The van der Waals surface area contributed by atoms with Gasteiger partial charge in [-0.3, -0.25) is 4.79 Å². The predicted molar refractivity (Wildman–Crippen MR) is 60.6 cm³/mol. The summed E-state index contributed by atoms with van der Waals surface area (Å²) in [4.78, 5) is 11.1. The van der Waals surface area contributed by atoms with E-state index in [0.717, 1.165) is 5.56 Å². The third-order valence-corrected chi connectivity index (χ3v) is 2.49. The molecule has 0 aromatic heterocycles. The van der Waals surface area contributed by atoms with E-state index >= 15 is 0 Å². The van der Waals surface area contributed by atoms with Crippen LogP contribution in [0.3, 0.4) is 0 Å². The molecule has 2 atom stereocenters. The van der Waals surface area contributed by atoms with Gasteiger partial charge in [0.25, 0.3) is 0 Å². The Balaban J connectivity index is 1.99. The molecular formula is C13H14O3. The van der Waals surface area contributed by atoms with Gasteiger partial charge in [-0.2, -0.15) is 0 Å². The Morgan fingerprint density at radius 1 is 1.31 bits per heavy atom. The van der Waals surface area contributed by atoms with Crippen LogP contribution in [-0.2, 0) is 9.53 Å². The molecule has 0 radical (unpaired) electrons. The molecule has 1 aromatic rings. The molecule has 84 valence electrons. The van der Waals surface area contributed by atoms with Crippen LogP contribution >= 0.6 is 0 Å². The molecule has 1 aromatic carbocycles. The zero-order valence-corrected chi connectivity index (χ0v) is 8.87. The van der Waals surface area contributed by atoms with Crippen LogP contribution in [0.4, 0.5) is 0 Å². The number of benzene rings is 1. The zero-order chi connectivity index (χ0) is 11.4. The lowest BCUT2D eigenvalue weighted by molar-refractivity contribution is -0.156. The molecule has 2 rings (SSSR count). The van der Waals surface area contributed by atoms with Gasteiger partial charge in [-0.05, 0) is 11.6 Å². The maximum absolute atomic E-state index is 11.1. The summed E-state index contributed by atoms with van der Waals surface area (Å²) in [6, 6.07) is 9.78. The smallest absolute Gasteiger partial charge is 0.309 e. The van der Waals surface area contributed by atoms with Gasteiger partial charge in [0.15, 0.2) is 0 Å². The van der Waals surface area contributed by atoms with Crippen molar-refractivity contribution in [3.05, 3.63) is 42.0 Å². The lowest BCUT2D eigenvalue weighted by atomic mass is 10.0. The van der Waals surface area contributed by atoms with Crippen molar-refractivity contribution in [3.8, 4) is 0 Å². The fourth-order valence-electron chi connectivity index (χ4n) is 1.71. The second kappa shape index (κ2) is 4.94. The number of esters is 1. The summed E-state index contributed by atoms with van der Waals surface area (Å²) in [6.45, 7) is 0. The van der Waals surface area contributed by atoms with Crippen molar-refractivity contribution >= 4 is 12.0 Å². The number of ether oxygens (including phenoxy) is 1. The van der Waals surface area contributed by atoms with E-state index in [9.17, 15) is 9.90 Å².